The Morgan fingerprint density at radius 2 is 2.50 bits per heavy atom. The highest BCUT2D eigenvalue weighted by molar-refractivity contribution is 5.08. The number of pyridine rings is 1. The molecule has 0 unspecified atom stereocenters. The van der Waals surface area contributed by atoms with Crippen LogP contribution in [0, 0.1) is 0 Å². The zero-order chi connectivity index (χ0) is 8.65. The van der Waals surface area contributed by atoms with Gasteiger partial charge >= 0.3 is 0 Å². The summed E-state index contributed by atoms with van der Waals surface area (Å²) in [6, 6.07) is 4.05. The molecule has 1 rings (SSSR count). The molecule has 1 N–H and O–H groups in total. The maximum atomic E-state index is 4.04. The minimum absolute atomic E-state index is 0.875. The Balaban J connectivity index is 2.20. The van der Waals surface area contributed by atoms with Gasteiger partial charge in [-0.15, -0.1) is 6.58 Å². The number of rotatable bonds is 5. The molecule has 0 radical (unpaired) electrons. The lowest BCUT2D eigenvalue weighted by Gasteiger charge is -2.00. The predicted molar refractivity (Wildman–Crippen MR) is 51.0 cm³/mol. The molecule has 0 aliphatic heterocycles. The molecule has 0 fully saturated rings. The first-order valence-electron chi connectivity index (χ1n) is 4.14. The van der Waals surface area contributed by atoms with Gasteiger partial charge in [0.25, 0.3) is 0 Å². The summed E-state index contributed by atoms with van der Waals surface area (Å²) in [5, 5.41) is 3.24. The third-order valence-electron chi connectivity index (χ3n) is 1.60. The second-order valence-corrected chi connectivity index (χ2v) is 2.60. The largest absolute Gasteiger partial charge is 0.313 e. The van der Waals surface area contributed by atoms with Crippen molar-refractivity contribution in [2.45, 2.75) is 6.42 Å². The van der Waals surface area contributed by atoms with Gasteiger partial charge in [-0.3, -0.25) is 4.98 Å². The zero-order valence-corrected chi connectivity index (χ0v) is 7.16. The van der Waals surface area contributed by atoms with Crippen LogP contribution in [0.15, 0.2) is 37.2 Å². The fourth-order valence-electron chi connectivity index (χ4n) is 0.983. The van der Waals surface area contributed by atoms with Crippen molar-refractivity contribution in [3.8, 4) is 0 Å². The van der Waals surface area contributed by atoms with Gasteiger partial charge in [-0.1, -0.05) is 12.1 Å². The summed E-state index contributed by atoms with van der Waals surface area (Å²) in [4.78, 5) is 4.04. The fraction of sp³-hybridized carbons (Fsp3) is 0.300. The average molecular weight is 162 g/mol. The highest BCUT2D eigenvalue weighted by Crippen LogP contribution is 1.94. The molecule has 0 aliphatic rings. The van der Waals surface area contributed by atoms with Crippen molar-refractivity contribution in [3.63, 3.8) is 0 Å². The molecule has 0 bridgehead atoms. The van der Waals surface area contributed by atoms with Crippen LogP contribution in [-0.4, -0.2) is 18.1 Å². The molecule has 0 aliphatic carbocycles. The molecule has 1 aromatic rings. The van der Waals surface area contributed by atoms with E-state index in [0.29, 0.717) is 0 Å². The highest BCUT2D eigenvalue weighted by atomic mass is 14.8. The first-order chi connectivity index (χ1) is 5.93. The van der Waals surface area contributed by atoms with E-state index >= 15 is 0 Å². The standard InChI is InChI=1S/C10H14N2/c1-2-6-11-8-5-10-4-3-7-12-9-10/h2-4,7,9,11H,1,5-6,8H2. The molecular formula is C10H14N2. The molecule has 12 heavy (non-hydrogen) atoms. The van der Waals surface area contributed by atoms with Gasteiger partial charge in [0, 0.05) is 18.9 Å². The van der Waals surface area contributed by atoms with E-state index in [4.69, 9.17) is 0 Å². The maximum absolute atomic E-state index is 4.04. The first kappa shape index (κ1) is 8.94. The molecular weight excluding hydrogens is 148 g/mol. The summed E-state index contributed by atoms with van der Waals surface area (Å²) in [6.07, 6.45) is 6.58. The minimum Gasteiger partial charge on any atom is -0.313 e. The van der Waals surface area contributed by atoms with Gasteiger partial charge in [-0.2, -0.15) is 0 Å². The molecule has 0 atom stereocenters. The SMILES string of the molecule is C=CCNCCc1cccnc1. The Morgan fingerprint density at radius 1 is 1.58 bits per heavy atom. The van der Waals surface area contributed by atoms with Crippen LogP contribution in [-0.2, 0) is 6.42 Å². The van der Waals surface area contributed by atoms with Gasteiger partial charge in [0.1, 0.15) is 0 Å². The van der Waals surface area contributed by atoms with Crippen LogP contribution < -0.4 is 5.32 Å². The molecule has 1 heterocycles. The van der Waals surface area contributed by atoms with Crippen molar-refractivity contribution in [2.24, 2.45) is 0 Å². The van der Waals surface area contributed by atoms with E-state index < -0.39 is 0 Å². The lowest BCUT2D eigenvalue weighted by Crippen LogP contribution is -2.16. The number of hydrogen-bond donors (Lipinski definition) is 1. The van der Waals surface area contributed by atoms with E-state index in [-0.39, 0.29) is 0 Å². The summed E-state index contributed by atoms with van der Waals surface area (Å²) in [6.45, 7) is 5.49. The number of nitrogens with one attached hydrogen (secondary N) is 1. The zero-order valence-electron chi connectivity index (χ0n) is 7.16. The Bertz CT molecular complexity index is 219. The van der Waals surface area contributed by atoms with Crippen molar-refractivity contribution >= 4 is 0 Å². The third-order valence-corrected chi connectivity index (χ3v) is 1.60. The van der Waals surface area contributed by atoms with E-state index in [1.807, 2.05) is 18.3 Å². The lowest BCUT2D eigenvalue weighted by atomic mass is 10.2. The summed E-state index contributed by atoms with van der Waals surface area (Å²) in [7, 11) is 0. The quantitative estimate of drug-likeness (QED) is 0.523. The minimum atomic E-state index is 0.875. The van der Waals surface area contributed by atoms with E-state index in [1.54, 1.807) is 6.20 Å². The average Bonchev–Trinajstić information content (AvgIpc) is 2.14. The molecule has 2 heteroatoms. The van der Waals surface area contributed by atoms with Crippen LogP contribution in [0.5, 0.6) is 0 Å². The molecule has 0 spiro atoms. The van der Waals surface area contributed by atoms with Gasteiger partial charge < -0.3 is 5.32 Å². The third kappa shape index (κ3) is 3.30. The van der Waals surface area contributed by atoms with Crippen LogP contribution in [0.2, 0.25) is 0 Å². The molecule has 0 saturated carbocycles. The highest BCUT2D eigenvalue weighted by Gasteiger charge is 1.89. The van der Waals surface area contributed by atoms with Crippen LogP contribution in [0.4, 0.5) is 0 Å². The van der Waals surface area contributed by atoms with Crippen LogP contribution in [0.1, 0.15) is 5.56 Å². The van der Waals surface area contributed by atoms with Crippen LogP contribution >= 0.6 is 0 Å². The summed E-state index contributed by atoms with van der Waals surface area (Å²) in [5.41, 5.74) is 1.27. The Morgan fingerprint density at radius 3 is 3.17 bits per heavy atom. The molecule has 2 nitrogen and oxygen atoms in total. The normalized spacial score (nSPS) is 9.67. The lowest BCUT2D eigenvalue weighted by molar-refractivity contribution is 0.743. The number of nitrogens with zero attached hydrogens (tertiary/aromatic N) is 1. The Kier molecular flexibility index (Phi) is 4.09. The van der Waals surface area contributed by atoms with Gasteiger partial charge in [0.05, 0.1) is 0 Å². The maximum Gasteiger partial charge on any atom is 0.0300 e. The second kappa shape index (κ2) is 5.49. The molecule has 0 saturated heterocycles. The Labute approximate surface area is 73.3 Å². The summed E-state index contributed by atoms with van der Waals surface area (Å²) in [5.74, 6) is 0. The predicted octanol–water partition coefficient (Wildman–Crippen LogP) is 1.40. The molecule has 64 valence electrons. The molecule has 0 amide bonds. The summed E-state index contributed by atoms with van der Waals surface area (Å²) >= 11 is 0. The van der Waals surface area contributed by atoms with Crippen LogP contribution in [0.3, 0.4) is 0 Å². The smallest absolute Gasteiger partial charge is 0.0300 e. The van der Waals surface area contributed by atoms with Crippen molar-refractivity contribution in [1.29, 1.82) is 0 Å². The van der Waals surface area contributed by atoms with Gasteiger partial charge in [0.2, 0.25) is 0 Å². The van der Waals surface area contributed by atoms with Crippen molar-refractivity contribution in [2.75, 3.05) is 13.1 Å². The van der Waals surface area contributed by atoms with Gasteiger partial charge in [0.15, 0.2) is 0 Å². The monoisotopic (exact) mass is 162 g/mol. The van der Waals surface area contributed by atoms with Gasteiger partial charge in [-0.05, 0) is 24.6 Å². The topological polar surface area (TPSA) is 24.9 Å². The molecule has 0 aromatic carbocycles. The number of aromatic nitrogens is 1. The second-order valence-electron chi connectivity index (χ2n) is 2.60. The number of hydrogen-bond acceptors (Lipinski definition) is 2. The van der Waals surface area contributed by atoms with Crippen molar-refractivity contribution in [1.82, 2.24) is 10.3 Å². The van der Waals surface area contributed by atoms with Gasteiger partial charge in [-0.25, -0.2) is 0 Å². The fourth-order valence-corrected chi connectivity index (χ4v) is 0.983. The van der Waals surface area contributed by atoms with Crippen molar-refractivity contribution < 1.29 is 0 Å². The molecule has 1 aromatic heterocycles. The van der Waals surface area contributed by atoms with E-state index in [1.165, 1.54) is 5.56 Å². The Hall–Kier alpha value is -1.15. The van der Waals surface area contributed by atoms with E-state index in [0.717, 1.165) is 19.5 Å². The van der Waals surface area contributed by atoms with E-state index in [2.05, 4.69) is 22.9 Å². The van der Waals surface area contributed by atoms with E-state index in [9.17, 15) is 0 Å². The van der Waals surface area contributed by atoms with Crippen molar-refractivity contribution in [3.05, 3.63) is 42.7 Å². The summed E-state index contributed by atoms with van der Waals surface area (Å²) < 4.78 is 0. The van der Waals surface area contributed by atoms with Crippen LogP contribution in [0.25, 0.3) is 0 Å². The first-order valence-corrected chi connectivity index (χ1v) is 4.14.